The topological polar surface area (TPSA) is 47.6 Å². The van der Waals surface area contributed by atoms with Crippen LogP contribution in [0.3, 0.4) is 0 Å². The number of anilines is 1. The van der Waals surface area contributed by atoms with E-state index in [0.717, 1.165) is 5.75 Å². The molecule has 2 aromatic carbocycles. The Balaban J connectivity index is 1.76. The van der Waals surface area contributed by atoms with Gasteiger partial charge in [-0.1, -0.05) is 24.3 Å². The minimum absolute atomic E-state index is 0.444. The summed E-state index contributed by atoms with van der Waals surface area (Å²) in [5, 5.41) is 2.57. The third kappa shape index (κ3) is 4.35. The first kappa shape index (κ1) is 13.0. The van der Waals surface area contributed by atoms with Crippen LogP contribution in [0.15, 0.2) is 54.6 Å². The summed E-state index contributed by atoms with van der Waals surface area (Å²) < 4.78 is 11.0. The average molecular weight is 257 g/mol. The summed E-state index contributed by atoms with van der Waals surface area (Å²) in [4.78, 5) is 10.3. The van der Waals surface area contributed by atoms with Crippen LogP contribution in [0.5, 0.6) is 11.5 Å². The zero-order valence-electron chi connectivity index (χ0n) is 10.4. The molecular formula is C15H15NO3. The molecule has 0 aliphatic heterocycles. The Kier molecular flexibility index (Phi) is 4.81. The summed E-state index contributed by atoms with van der Waals surface area (Å²) >= 11 is 0. The molecule has 98 valence electrons. The van der Waals surface area contributed by atoms with Gasteiger partial charge in [-0.2, -0.15) is 0 Å². The monoisotopic (exact) mass is 257 g/mol. The molecule has 0 aliphatic carbocycles. The Morgan fingerprint density at radius 1 is 0.895 bits per heavy atom. The van der Waals surface area contributed by atoms with Crippen LogP contribution in [0.4, 0.5) is 5.69 Å². The van der Waals surface area contributed by atoms with Gasteiger partial charge in [0.1, 0.15) is 24.7 Å². The van der Waals surface area contributed by atoms with Crippen molar-refractivity contribution in [2.24, 2.45) is 0 Å². The lowest BCUT2D eigenvalue weighted by Crippen LogP contribution is -2.09. The van der Waals surface area contributed by atoms with Crippen molar-refractivity contribution in [3.63, 3.8) is 0 Å². The van der Waals surface area contributed by atoms with Crippen molar-refractivity contribution in [1.82, 2.24) is 0 Å². The van der Waals surface area contributed by atoms with Gasteiger partial charge in [-0.25, -0.2) is 0 Å². The van der Waals surface area contributed by atoms with Crippen LogP contribution in [-0.4, -0.2) is 19.6 Å². The number of nitrogens with one attached hydrogen (secondary N) is 1. The van der Waals surface area contributed by atoms with Gasteiger partial charge in [-0.05, 0) is 24.3 Å². The molecule has 4 nitrogen and oxygen atoms in total. The van der Waals surface area contributed by atoms with E-state index in [1.165, 1.54) is 0 Å². The molecule has 0 aliphatic rings. The van der Waals surface area contributed by atoms with Gasteiger partial charge in [0.2, 0.25) is 6.41 Å². The van der Waals surface area contributed by atoms with E-state index < -0.39 is 0 Å². The van der Waals surface area contributed by atoms with Crippen LogP contribution in [0.25, 0.3) is 0 Å². The standard InChI is InChI=1S/C15H15NO3/c17-12-16-13-5-4-8-15(11-13)19-10-9-18-14-6-2-1-3-7-14/h1-8,11-12H,9-10H2,(H,16,17). The Labute approximate surface area is 112 Å². The first-order chi connectivity index (χ1) is 9.38. The first-order valence-corrected chi connectivity index (χ1v) is 5.99. The Bertz CT molecular complexity index is 514. The summed E-state index contributed by atoms with van der Waals surface area (Å²) in [6, 6.07) is 16.8. The fourth-order valence-electron chi connectivity index (χ4n) is 1.58. The number of ether oxygens (including phenoxy) is 2. The smallest absolute Gasteiger partial charge is 0.211 e. The minimum atomic E-state index is 0.444. The van der Waals surface area contributed by atoms with Gasteiger partial charge in [0.25, 0.3) is 0 Å². The van der Waals surface area contributed by atoms with Crippen molar-refractivity contribution >= 4 is 12.1 Å². The van der Waals surface area contributed by atoms with Gasteiger partial charge in [0, 0.05) is 11.8 Å². The van der Waals surface area contributed by atoms with E-state index in [2.05, 4.69) is 5.32 Å². The van der Waals surface area contributed by atoms with Crippen LogP contribution in [0.1, 0.15) is 0 Å². The number of benzene rings is 2. The third-order valence-electron chi connectivity index (χ3n) is 2.42. The van der Waals surface area contributed by atoms with Gasteiger partial charge in [0.15, 0.2) is 0 Å². The molecule has 0 fully saturated rings. The molecule has 0 unspecified atom stereocenters. The summed E-state index contributed by atoms with van der Waals surface area (Å²) in [5.74, 6) is 1.52. The Hall–Kier alpha value is -2.49. The highest BCUT2D eigenvalue weighted by Crippen LogP contribution is 2.16. The van der Waals surface area contributed by atoms with Crippen molar-refractivity contribution in [2.45, 2.75) is 0 Å². The number of hydrogen-bond acceptors (Lipinski definition) is 3. The van der Waals surface area contributed by atoms with E-state index >= 15 is 0 Å². The molecule has 2 aromatic rings. The first-order valence-electron chi connectivity index (χ1n) is 5.99. The molecular weight excluding hydrogens is 242 g/mol. The molecule has 4 heteroatoms. The number of amides is 1. The lowest BCUT2D eigenvalue weighted by Gasteiger charge is -2.09. The number of carbonyl (C=O) groups is 1. The van der Waals surface area contributed by atoms with Crippen molar-refractivity contribution in [1.29, 1.82) is 0 Å². The molecule has 0 saturated carbocycles. The second kappa shape index (κ2) is 7.06. The largest absolute Gasteiger partial charge is 0.490 e. The highest BCUT2D eigenvalue weighted by Gasteiger charge is 1.97. The SMILES string of the molecule is O=CNc1cccc(OCCOc2ccccc2)c1. The molecule has 0 aromatic heterocycles. The van der Waals surface area contributed by atoms with Crippen LogP contribution in [-0.2, 0) is 4.79 Å². The fraction of sp³-hybridized carbons (Fsp3) is 0.133. The second-order valence-corrected chi connectivity index (χ2v) is 3.80. The molecule has 2 rings (SSSR count). The van der Waals surface area contributed by atoms with Crippen molar-refractivity contribution in [2.75, 3.05) is 18.5 Å². The molecule has 0 saturated heterocycles. The molecule has 1 N–H and O–H groups in total. The molecule has 0 atom stereocenters. The van der Waals surface area contributed by atoms with E-state index in [9.17, 15) is 4.79 Å². The lowest BCUT2D eigenvalue weighted by molar-refractivity contribution is -0.105. The van der Waals surface area contributed by atoms with Crippen LogP contribution < -0.4 is 14.8 Å². The summed E-state index contributed by atoms with van der Waals surface area (Å²) in [6.45, 7) is 0.911. The van der Waals surface area contributed by atoms with Crippen LogP contribution in [0.2, 0.25) is 0 Å². The highest BCUT2D eigenvalue weighted by atomic mass is 16.5. The minimum Gasteiger partial charge on any atom is -0.490 e. The number of rotatable bonds is 7. The zero-order chi connectivity index (χ0) is 13.3. The molecule has 1 amide bonds. The van der Waals surface area contributed by atoms with Gasteiger partial charge in [-0.15, -0.1) is 0 Å². The summed E-state index contributed by atoms with van der Waals surface area (Å²) in [7, 11) is 0. The van der Waals surface area contributed by atoms with E-state index in [4.69, 9.17) is 9.47 Å². The quantitative estimate of drug-likeness (QED) is 0.613. The summed E-state index contributed by atoms with van der Waals surface area (Å²) in [5.41, 5.74) is 0.705. The van der Waals surface area contributed by atoms with Crippen molar-refractivity contribution in [3.05, 3.63) is 54.6 Å². The van der Waals surface area contributed by atoms with E-state index in [-0.39, 0.29) is 0 Å². The van der Waals surface area contributed by atoms with Crippen LogP contribution >= 0.6 is 0 Å². The molecule has 0 heterocycles. The predicted octanol–water partition coefficient (Wildman–Crippen LogP) is 2.71. The van der Waals surface area contributed by atoms with Gasteiger partial charge in [-0.3, -0.25) is 4.79 Å². The number of carbonyl (C=O) groups excluding carboxylic acids is 1. The molecule has 0 radical (unpaired) electrons. The average Bonchev–Trinajstić information content (AvgIpc) is 2.46. The van der Waals surface area contributed by atoms with Crippen molar-refractivity contribution < 1.29 is 14.3 Å². The maximum Gasteiger partial charge on any atom is 0.211 e. The maximum absolute atomic E-state index is 10.3. The molecule has 0 bridgehead atoms. The lowest BCUT2D eigenvalue weighted by atomic mass is 10.3. The number of para-hydroxylation sites is 1. The zero-order valence-corrected chi connectivity index (χ0v) is 10.4. The normalized spacial score (nSPS) is 9.68. The third-order valence-corrected chi connectivity index (χ3v) is 2.42. The molecule has 19 heavy (non-hydrogen) atoms. The fourth-order valence-corrected chi connectivity index (χ4v) is 1.58. The predicted molar refractivity (Wildman–Crippen MR) is 73.6 cm³/mol. The number of hydrogen-bond donors (Lipinski definition) is 1. The Morgan fingerprint density at radius 2 is 1.58 bits per heavy atom. The van der Waals surface area contributed by atoms with E-state index in [1.54, 1.807) is 12.1 Å². The Morgan fingerprint density at radius 3 is 2.32 bits per heavy atom. The van der Waals surface area contributed by atoms with Crippen LogP contribution in [0, 0.1) is 0 Å². The van der Waals surface area contributed by atoms with Gasteiger partial charge < -0.3 is 14.8 Å². The van der Waals surface area contributed by atoms with E-state index in [0.29, 0.717) is 31.1 Å². The van der Waals surface area contributed by atoms with Crippen molar-refractivity contribution in [3.8, 4) is 11.5 Å². The summed E-state index contributed by atoms with van der Waals surface area (Å²) in [6.07, 6.45) is 0.637. The van der Waals surface area contributed by atoms with Gasteiger partial charge in [0.05, 0.1) is 0 Å². The van der Waals surface area contributed by atoms with Gasteiger partial charge >= 0.3 is 0 Å². The molecule has 0 spiro atoms. The van der Waals surface area contributed by atoms with E-state index in [1.807, 2.05) is 42.5 Å². The highest BCUT2D eigenvalue weighted by molar-refractivity contribution is 5.71. The maximum atomic E-state index is 10.3. The second-order valence-electron chi connectivity index (χ2n) is 3.80.